The molecule has 0 saturated carbocycles. The Labute approximate surface area is 115 Å². The lowest BCUT2D eigenvalue weighted by Crippen LogP contribution is -2.44. The summed E-state index contributed by atoms with van der Waals surface area (Å²) < 4.78 is 0.694. The van der Waals surface area contributed by atoms with E-state index in [9.17, 15) is 9.59 Å². The lowest BCUT2D eigenvalue weighted by Gasteiger charge is -2.13. The van der Waals surface area contributed by atoms with Gasteiger partial charge in [0.15, 0.2) is 0 Å². The molecule has 18 heavy (non-hydrogen) atoms. The number of halogens is 1. The van der Waals surface area contributed by atoms with Gasteiger partial charge in [-0.05, 0) is 40.9 Å². The van der Waals surface area contributed by atoms with Crippen LogP contribution >= 0.6 is 15.9 Å². The molecule has 4 nitrogen and oxygen atoms in total. The molecule has 5 heteroatoms. The molecular formula is C13H17BrN2O2. The standard InChI is InChI=1S/C13H17BrN2O2/c1-3-9(4-2)12(17)15-16-13(18)10-7-5-6-8-11(10)14/h5-9H,3-4H2,1-2H3,(H,15,17)(H,16,18). The third-order valence-electron chi connectivity index (χ3n) is 2.77. The van der Waals surface area contributed by atoms with Crippen LogP contribution in [0.3, 0.4) is 0 Å². The zero-order chi connectivity index (χ0) is 13.5. The number of carbonyl (C=O) groups is 2. The van der Waals surface area contributed by atoms with Crippen molar-refractivity contribution >= 4 is 27.7 Å². The van der Waals surface area contributed by atoms with E-state index in [1.807, 2.05) is 19.9 Å². The second kappa shape index (κ2) is 7.16. The van der Waals surface area contributed by atoms with Crippen LogP contribution in [0.4, 0.5) is 0 Å². The van der Waals surface area contributed by atoms with Crippen molar-refractivity contribution in [3.05, 3.63) is 34.3 Å². The van der Waals surface area contributed by atoms with Crippen molar-refractivity contribution in [3.63, 3.8) is 0 Å². The number of nitrogens with one attached hydrogen (secondary N) is 2. The van der Waals surface area contributed by atoms with Crippen LogP contribution in [-0.4, -0.2) is 11.8 Å². The first-order chi connectivity index (χ1) is 8.60. The molecule has 0 aliphatic carbocycles. The van der Waals surface area contributed by atoms with Crippen LogP contribution < -0.4 is 10.9 Å². The molecule has 0 unspecified atom stereocenters. The number of hydrogen-bond acceptors (Lipinski definition) is 2. The van der Waals surface area contributed by atoms with Gasteiger partial charge >= 0.3 is 0 Å². The minimum absolute atomic E-state index is 0.0653. The van der Waals surface area contributed by atoms with Crippen molar-refractivity contribution < 1.29 is 9.59 Å². The van der Waals surface area contributed by atoms with E-state index < -0.39 is 0 Å². The summed E-state index contributed by atoms with van der Waals surface area (Å²) >= 11 is 3.29. The second-order valence-electron chi connectivity index (χ2n) is 3.94. The number of hydrazine groups is 1. The number of carbonyl (C=O) groups excluding carboxylic acids is 2. The van der Waals surface area contributed by atoms with Gasteiger partial charge in [-0.25, -0.2) is 0 Å². The maximum absolute atomic E-state index is 11.8. The molecule has 1 aromatic rings. The van der Waals surface area contributed by atoms with Crippen LogP contribution in [-0.2, 0) is 4.79 Å². The Morgan fingerprint density at radius 2 is 1.78 bits per heavy atom. The van der Waals surface area contributed by atoms with E-state index in [-0.39, 0.29) is 17.7 Å². The van der Waals surface area contributed by atoms with E-state index in [2.05, 4.69) is 26.8 Å². The Hall–Kier alpha value is -1.36. The third kappa shape index (κ3) is 3.84. The summed E-state index contributed by atoms with van der Waals surface area (Å²) in [5.74, 6) is -0.549. The Bertz CT molecular complexity index is 431. The first-order valence-electron chi connectivity index (χ1n) is 5.94. The van der Waals surface area contributed by atoms with Gasteiger partial charge in [-0.1, -0.05) is 26.0 Å². The van der Waals surface area contributed by atoms with Gasteiger partial charge in [0.25, 0.3) is 5.91 Å². The highest BCUT2D eigenvalue weighted by atomic mass is 79.9. The second-order valence-corrected chi connectivity index (χ2v) is 4.79. The van der Waals surface area contributed by atoms with Crippen LogP contribution in [0.5, 0.6) is 0 Å². The Morgan fingerprint density at radius 1 is 1.17 bits per heavy atom. The highest BCUT2D eigenvalue weighted by Crippen LogP contribution is 2.15. The predicted molar refractivity (Wildman–Crippen MR) is 73.8 cm³/mol. The van der Waals surface area contributed by atoms with E-state index in [4.69, 9.17) is 0 Å². The number of benzene rings is 1. The maximum atomic E-state index is 11.8. The Morgan fingerprint density at radius 3 is 2.33 bits per heavy atom. The highest BCUT2D eigenvalue weighted by molar-refractivity contribution is 9.10. The molecule has 1 aromatic carbocycles. The van der Waals surface area contributed by atoms with Gasteiger partial charge in [-0.2, -0.15) is 0 Å². The minimum atomic E-state index is -0.332. The average Bonchev–Trinajstić information content (AvgIpc) is 2.38. The Balaban J connectivity index is 2.57. The summed E-state index contributed by atoms with van der Waals surface area (Å²) in [6.07, 6.45) is 1.51. The van der Waals surface area contributed by atoms with Crippen LogP contribution in [0.15, 0.2) is 28.7 Å². The van der Waals surface area contributed by atoms with E-state index in [1.165, 1.54) is 0 Å². The molecule has 0 heterocycles. The molecular weight excluding hydrogens is 296 g/mol. The molecule has 0 bridgehead atoms. The fraction of sp³-hybridized carbons (Fsp3) is 0.385. The topological polar surface area (TPSA) is 58.2 Å². The average molecular weight is 313 g/mol. The van der Waals surface area contributed by atoms with Gasteiger partial charge in [0.2, 0.25) is 5.91 Å². The van der Waals surface area contributed by atoms with Crippen LogP contribution in [0.25, 0.3) is 0 Å². The summed E-state index contributed by atoms with van der Waals surface area (Å²) in [6, 6.07) is 7.05. The molecule has 0 atom stereocenters. The van der Waals surface area contributed by atoms with Crippen molar-refractivity contribution in [1.29, 1.82) is 0 Å². The van der Waals surface area contributed by atoms with Gasteiger partial charge in [0.05, 0.1) is 5.56 Å². The van der Waals surface area contributed by atoms with Crippen molar-refractivity contribution in [2.45, 2.75) is 26.7 Å². The van der Waals surface area contributed by atoms with E-state index in [1.54, 1.807) is 18.2 Å². The number of rotatable bonds is 4. The van der Waals surface area contributed by atoms with Crippen molar-refractivity contribution in [3.8, 4) is 0 Å². The van der Waals surface area contributed by atoms with Crippen LogP contribution in [0.1, 0.15) is 37.0 Å². The zero-order valence-corrected chi connectivity index (χ0v) is 12.1. The zero-order valence-electron chi connectivity index (χ0n) is 10.5. The molecule has 0 aliphatic rings. The van der Waals surface area contributed by atoms with Crippen molar-refractivity contribution in [2.75, 3.05) is 0 Å². The van der Waals surface area contributed by atoms with Gasteiger partial charge in [0.1, 0.15) is 0 Å². The van der Waals surface area contributed by atoms with Crippen LogP contribution in [0.2, 0.25) is 0 Å². The highest BCUT2D eigenvalue weighted by Gasteiger charge is 2.15. The predicted octanol–water partition coefficient (Wildman–Crippen LogP) is 2.65. The largest absolute Gasteiger partial charge is 0.273 e. The molecule has 98 valence electrons. The summed E-state index contributed by atoms with van der Waals surface area (Å²) in [4.78, 5) is 23.5. The van der Waals surface area contributed by atoms with E-state index in [0.717, 1.165) is 12.8 Å². The van der Waals surface area contributed by atoms with Crippen molar-refractivity contribution in [2.24, 2.45) is 5.92 Å². The smallest absolute Gasteiger partial charge is 0.270 e. The molecule has 0 spiro atoms. The van der Waals surface area contributed by atoms with Gasteiger partial charge in [-0.3, -0.25) is 20.4 Å². The quantitative estimate of drug-likeness (QED) is 0.840. The molecule has 0 fully saturated rings. The number of amides is 2. The first-order valence-corrected chi connectivity index (χ1v) is 6.74. The van der Waals surface area contributed by atoms with Crippen LogP contribution in [0, 0.1) is 5.92 Å². The molecule has 2 amide bonds. The summed E-state index contributed by atoms with van der Waals surface area (Å²) in [6.45, 7) is 3.90. The summed E-state index contributed by atoms with van der Waals surface area (Å²) in [5.41, 5.74) is 5.36. The first kappa shape index (κ1) is 14.7. The molecule has 0 aromatic heterocycles. The lowest BCUT2D eigenvalue weighted by atomic mass is 10.0. The fourth-order valence-electron chi connectivity index (χ4n) is 1.59. The third-order valence-corrected chi connectivity index (χ3v) is 3.47. The molecule has 1 rings (SSSR count). The Kier molecular flexibility index (Phi) is 5.85. The molecule has 2 N–H and O–H groups in total. The van der Waals surface area contributed by atoms with E-state index in [0.29, 0.717) is 10.0 Å². The van der Waals surface area contributed by atoms with Crippen molar-refractivity contribution in [1.82, 2.24) is 10.9 Å². The van der Waals surface area contributed by atoms with Gasteiger partial charge in [-0.15, -0.1) is 0 Å². The normalized spacial score (nSPS) is 10.2. The summed E-state index contributed by atoms with van der Waals surface area (Å²) in [7, 11) is 0. The maximum Gasteiger partial charge on any atom is 0.270 e. The van der Waals surface area contributed by atoms with E-state index >= 15 is 0 Å². The minimum Gasteiger partial charge on any atom is -0.273 e. The fourth-order valence-corrected chi connectivity index (χ4v) is 2.06. The molecule has 0 aliphatic heterocycles. The number of hydrogen-bond donors (Lipinski definition) is 2. The van der Waals surface area contributed by atoms with Gasteiger partial charge in [0, 0.05) is 10.4 Å². The van der Waals surface area contributed by atoms with Gasteiger partial charge < -0.3 is 0 Å². The lowest BCUT2D eigenvalue weighted by molar-refractivity contribution is -0.125. The molecule has 0 radical (unpaired) electrons. The SMILES string of the molecule is CCC(CC)C(=O)NNC(=O)c1ccccc1Br. The molecule has 0 saturated heterocycles. The monoisotopic (exact) mass is 312 g/mol. The summed E-state index contributed by atoms with van der Waals surface area (Å²) in [5, 5.41) is 0.